The van der Waals surface area contributed by atoms with Gasteiger partial charge in [-0.3, -0.25) is 0 Å². The quantitative estimate of drug-likeness (QED) is 0.666. The third-order valence-electron chi connectivity index (χ3n) is 3.29. The van der Waals surface area contributed by atoms with Crippen LogP contribution in [-0.4, -0.2) is 24.3 Å². The molecule has 0 radical (unpaired) electrons. The number of hydrogen-bond acceptors (Lipinski definition) is 5. The van der Waals surface area contributed by atoms with Gasteiger partial charge < -0.3 is 14.0 Å². The number of carbonyl (C=O) groups excluding carboxylic acids is 1. The number of nitrogens with zero attached hydrogens (tertiary/aromatic N) is 1. The van der Waals surface area contributed by atoms with E-state index < -0.39 is 17.6 Å². The lowest BCUT2D eigenvalue weighted by molar-refractivity contribution is -0.145. The summed E-state index contributed by atoms with van der Waals surface area (Å²) in [5.41, 5.74) is 0.530. The predicted octanol–water partition coefficient (Wildman–Crippen LogP) is 3.71. The minimum atomic E-state index is -0.603. The van der Waals surface area contributed by atoms with Gasteiger partial charge in [0.2, 0.25) is 0 Å². The third kappa shape index (κ3) is 3.19. The standard InChI is InChI=1S/C17H13F2NO4/c1-2-22-16(21)9-23-11-4-5-12-15(8-11)24-20-17(12)13-7-10(18)3-6-14(13)19/h3-8H,2,9H2,1H3. The molecule has 0 fully saturated rings. The summed E-state index contributed by atoms with van der Waals surface area (Å²) >= 11 is 0. The van der Waals surface area contributed by atoms with Gasteiger partial charge in [0, 0.05) is 11.6 Å². The van der Waals surface area contributed by atoms with E-state index >= 15 is 0 Å². The Morgan fingerprint density at radius 1 is 1.21 bits per heavy atom. The van der Waals surface area contributed by atoms with Crippen molar-refractivity contribution in [3.05, 3.63) is 48.0 Å². The first-order valence-corrected chi connectivity index (χ1v) is 7.21. The summed E-state index contributed by atoms with van der Waals surface area (Å²) in [7, 11) is 0. The SMILES string of the molecule is CCOC(=O)COc1ccc2c(-c3cc(F)ccc3F)noc2c1. The third-order valence-corrected chi connectivity index (χ3v) is 3.29. The van der Waals surface area contributed by atoms with Crippen LogP contribution in [0.4, 0.5) is 8.78 Å². The molecule has 0 saturated carbocycles. The zero-order chi connectivity index (χ0) is 17.1. The fourth-order valence-electron chi connectivity index (χ4n) is 2.23. The van der Waals surface area contributed by atoms with Crippen LogP contribution in [0, 0.1) is 11.6 Å². The van der Waals surface area contributed by atoms with E-state index in [2.05, 4.69) is 5.16 Å². The summed E-state index contributed by atoms with van der Waals surface area (Å²) in [6.45, 7) is 1.73. The molecule has 0 aliphatic rings. The Morgan fingerprint density at radius 2 is 2.04 bits per heavy atom. The lowest BCUT2D eigenvalue weighted by atomic mass is 10.1. The van der Waals surface area contributed by atoms with Crippen LogP contribution < -0.4 is 4.74 Å². The number of ether oxygens (including phenoxy) is 2. The van der Waals surface area contributed by atoms with Gasteiger partial charge in [-0.15, -0.1) is 0 Å². The number of carbonyl (C=O) groups is 1. The molecule has 0 bridgehead atoms. The minimum absolute atomic E-state index is 0.00828. The number of fused-ring (bicyclic) bond motifs is 1. The Kier molecular flexibility index (Phi) is 4.41. The van der Waals surface area contributed by atoms with E-state index in [0.29, 0.717) is 16.7 Å². The van der Waals surface area contributed by atoms with E-state index in [-0.39, 0.29) is 24.5 Å². The normalized spacial score (nSPS) is 10.8. The van der Waals surface area contributed by atoms with Gasteiger partial charge in [0.05, 0.1) is 12.0 Å². The monoisotopic (exact) mass is 333 g/mol. The van der Waals surface area contributed by atoms with E-state index in [9.17, 15) is 13.6 Å². The van der Waals surface area contributed by atoms with Gasteiger partial charge in [-0.1, -0.05) is 5.16 Å². The van der Waals surface area contributed by atoms with Gasteiger partial charge in [-0.2, -0.15) is 0 Å². The van der Waals surface area contributed by atoms with Crippen LogP contribution in [0.25, 0.3) is 22.2 Å². The second kappa shape index (κ2) is 6.66. The molecule has 0 spiro atoms. The summed E-state index contributed by atoms with van der Waals surface area (Å²) in [4.78, 5) is 11.3. The molecular formula is C17H13F2NO4. The highest BCUT2D eigenvalue weighted by molar-refractivity contribution is 5.92. The molecule has 0 saturated heterocycles. The average Bonchev–Trinajstić information content (AvgIpc) is 2.98. The maximum Gasteiger partial charge on any atom is 0.344 e. The molecule has 0 unspecified atom stereocenters. The molecule has 0 N–H and O–H groups in total. The molecule has 24 heavy (non-hydrogen) atoms. The topological polar surface area (TPSA) is 61.6 Å². The van der Waals surface area contributed by atoms with Crippen LogP contribution in [0.5, 0.6) is 5.75 Å². The smallest absolute Gasteiger partial charge is 0.344 e. The van der Waals surface area contributed by atoms with Gasteiger partial charge in [0.15, 0.2) is 12.2 Å². The fraction of sp³-hybridized carbons (Fsp3) is 0.176. The lowest BCUT2D eigenvalue weighted by Crippen LogP contribution is -2.14. The molecule has 0 atom stereocenters. The Labute approximate surface area is 135 Å². The molecule has 1 heterocycles. The van der Waals surface area contributed by atoms with Crippen LogP contribution in [0.2, 0.25) is 0 Å². The van der Waals surface area contributed by atoms with Crippen LogP contribution >= 0.6 is 0 Å². The first-order chi connectivity index (χ1) is 11.6. The zero-order valence-corrected chi connectivity index (χ0v) is 12.7. The van der Waals surface area contributed by atoms with Crippen LogP contribution in [0.15, 0.2) is 40.9 Å². The van der Waals surface area contributed by atoms with Crippen LogP contribution in [0.1, 0.15) is 6.92 Å². The summed E-state index contributed by atoms with van der Waals surface area (Å²) in [6.07, 6.45) is 0. The molecular weight excluding hydrogens is 320 g/mol. The highest BCUT2D eigenvalue weighted by Crippen LogP contribution is 2.32. The average molecular weight is 333 g/mol. The highest BCUT2D eigenvalue weighted by Gasteiger charge is 2.16. The van der Waals surface area contributed by atoms with Crippen molar-refractivity contribution >= 4 is 16.9 Å². The Hall–Kier alpha value is -2.96. The Balaban J connectivity index is 1.89. The first-order valence-electron chi connectivity index (χ1n) is 7.21. The lowest BCUT2D eigenvalue weighted by Gasteiger charge is -2.05. The highest BCUT2D eigenvalue weighted by atomic mass is 19.1. The molecule has 7 heteroatoms. The van der Waals surface area contributed by atoms with Crippen LogP contribution in [0.3, 0.4) is 0 Å². The van der Waals surface area contributed by atoms with E-state index in [4.69, 9.17) is 14.0 Å². The molecule has 0 aliphatic heterocycles. The molecule has 1 aromatic heterocycles. The largest absolute Gasteiger partial charge is 0.482 e. The van der Waals surface area contributed by atoms with Gasteiger partial charge in [0.1, 0.15) is 23.1 Å². The van der Waals surface area contributed by atoms with Crippen molar-refractivity contribution in [2.75, 3.05) is 13.2 Å². The number of benzene rings is 2. The van der Waals surface area contributed by atoms with Crippen molar-refractivity contribution in [1.82, 2.24) is 5.16 Å². The van der Waals surface area contributed by atoms with Crippen LogP contribution in [-0.2, 0) is 9.53 Å². The second-order valence-corrected chi connectivity index (χ2v) is 4.91. The van der Waals surface area contributed by atoms with Crippen molar-refractivity contribution in [2.45, 2.75) is 6.92 Å². The number of esters is 1. The molecule has 5 nitrogen and oxygen atoms in total. The Bertz CT molecular complexity index is 891. The van der Waals surface area contributed by atoms with Crippen molar-refractivity contribution in [3.63, 3.8) is 0 Å². The fourth-order valence-corrected chi connectivity index (χ4v) is 2.23. The number of aromatic nitrogens is 1. The van der Waals surface area contributed by atoms with Crippen molar-refractivity contribution in [3.8, 4) is 17.0 Å². The van der Waals surface area contributed by atoms with Crippen molar-refractivity contribution < 1.29 is 27.6 Å². The number of halogens is 2. The van der Waals surface area contributed by atoms with Gasteiger partial charge in [-0.25, -0.2) is 13.6 Å². The molecule has 3 aromatic rings. The molecule has 2 aromatic carbocycles. The summed E-state index contributed by atoms with van der Waals surface area (Å²) in [5.74, 6) is -1.29. The van der Waals surface area contributed by atoms with E-state index in [1.807, 2.05) is 0 Å². The molecule has 0 amide bonds. The second-order valence-electron chi connectivity index (χ2n) is 4.91. The minimum Gasteiger partial charge on any atom is -0.482 e. The molecule has 0 aliphatic carbocycles. The van der Waals surface area contributed by atoms with Gasteiger partial charge >= 0.3 is 5.97 Å². The summed E-state index contributed by atoms with van der Waals surface area (Å²) in [5, 5.41) is 4.31. The van der Waals surface area contributed by atoms with E-state index in [0.717, 1.165) is 18.2 Å². The Morgan fingerprint density at radius 3 is 2.83 bits per heavy atom. The van der Waals surface area contributed by atoms with E-state index in [1.165, 1.54) is 6.07 Å². The maximum absolute atomic E-state index is 13.9. The van der Waals surface area contributed by atoms with E-state index in [1.54, 1.807) is 19.1 Å². The molecule has 3 rings (SSSR count). The molecule has 124 valence electrons. The number of rotatable bonds is 5. The maximum atomic E-state index is 13.9. The summed E-state index contributed by atoms with van der Waals surface area (Å²) in [6, 6.07) is 7.82. The number of hydrogen-bond donors (Lipinski definition) is 0. The van der Waals surface area contributed by atoms with Crippen molar-refractivity contribution in [1.29, 1.82) is 0 Å². The van der Waals surface area contributed by atoms with Gasteiger partial charge in [0.25, 0.3) is 0 Å². The van der Waals surface area contributed by atoms with Gasteiger partial charge in [-0.05, 0) is 37.3 Å². The predicted molar refractivity (Wildman–Crippen MR) is 81.5 cm³/mol. The van der Waals surface area contributed by atoms with Crippen molar-refractivity contribution in [2.24, 2.45) is 0 Å². The summed E-state index contributed by atoms with van der Waals surface area (Å²) < 4.78 is 42.5. The first kappa shape index (κ1) is 15.9. The zero-order valence-electron chi connectivity index (χ0n) is 12.7.